The molecule has 7 heteroatoms. The lowest BCUT2D eigenvalue weighted by Crippen LogP contribution is -2.29. The average molecular weight is 354 g/mol. The van der Waals surface area contributed by atoms with Crippen LogP contribution in [-0.4, -0.2) is 27.0 Å². The number of aromatic hydroxyl groups is 2. The predicted molar refractivity (Wildman–Crippen MR) is 90.8 cm³/mol. The quantitative estimate of drug-likeness (QED) is 0.616. The van der Waals surface area contributed by atoms with Gasteiger partial charge in [-0.05, 0) is 38.7 Å². The molecule has 2 rings (SSSR count). The largest absolute Gasteiger partial charge is 0.627 e. The maximum absolute atomic E-state index is 12.6. The lowest BCUT2D eigenvalue weighted by Gasteiger charge is -2.26. The third-order valence-electron chi connectivity index (χ3n) is 3.90. The van der Waals surface area contributed by atoms with E-state index in [0.717, 1.165) is 6.07 Å². The first kappa shape index (κ1) is 18.9. The van der Waals surface area contributed by atoms with Gasteiger partial charge in [0.05, 0.1) is 0 Å². The molecule has 24 heavy (non-hydrogen) atoms. The summed E-state index contributed by atoms with van der Waals surface area (Å²) in [6.07, 6.45) is 6.07. The van der Waals surface area contributed by atoms with Crippen molar-refractivity contribution in [2.45, 2.75) is 51.6 Å². The Balaban J connectivity index is 2.39. The van der Waals surface area contributed by atoms with Crippen molar-refractivity contribution < 1.29 is 29.3 Å². The molecule has 132 valence electrons. The Kier molecular flexibility index (Phi) is 6.35. The van der Waals surface area contributed by atoms with E-state index in [1.54, 1.807) is 19.1 Å². The van der Waals surface area contributed by atoms with Gasteiger partial charge in [0.25, 0.3) is 7.94 Å². The predicted octanol–water partition coefficient (Wildman–Crippen LogP) is 2.18. The van der Waals surface area contributed by atoms with Gasteiger partial charge in [-0.2, -0.15) is 0 Å². The van der Waals surface area contributed by atoms with E-state index in [4.69, 9.17) is 4.52 Å². The lowest BCUT2D eigenvalue weighted by atomic mass is 10.1. The molecule has 1 unspecified atom stereocenters. The number of allylic oxidation sites excluding steroid dienone is 1. The van der Waals surface area contributed by atoms with E-state index in [-0.39, 0.29) is 22.4 Å². The molecule has 0 bridgehead atoms. The molecule has 0 fully saturated rings. The molecule has 1 aromatic carbocycles. The van der Waals surface area contributed by atoms with Crippen LogP contribution in [0.2, 0.25) is 0 Å². The summed E-state index contributed by atoms with van der Waals surface area (Å²) in [4.78, 5) is 34.7. The SMILES string of the molecule is C[C@H]1CCCC(=O)CCC/C=C/c2cc(O)cc(O)c2[P+]([O-])(O)O1. The summed E-state index contributed by atoms with van der Waals surface area (Å²) < 4.78 is 5.29. The normalized spacial score (nSPS) is 28.0. The molecule has 0 spiro atoms. The van der Waals surface area contributed by atoms with Gasteiger partial charge in [-0.1, -0.05) is 12.2 Å². The number of ketones is 1. The zero-order valence-corrected chi connectivity index (χ0v) is 14.5. The second-order valence-electron chi connectivity index (χ2n) is 6.06. The first-order valence-corrected chi connectivity index (χ1v) is 9.63. The molecule has 0 aromatic heterocycles. The van der Waals surface area contributed by atoms with E-state index in [9.17, 15) is 24.8 Å². The molecule has 3 N–H and O–H groups in total. The number of hydrogen-bond donors (Lipinski definition) is 3. The number of rotatable bonds is 0. The average Bonchev–Trinajstić information content (AvgIpc) is 2.44. The molecule has 6 nitrogen and oxygen atoms in total. The smallest absolute Gasteiger partial charge is 0.272 e. The number of hydrogen-bond acceptors (Lipinski definition) is 6. The monoisotopic (exact) mass is 354 g/mol. The molecule has 1 aliphatic rings. The van der Waals surface area contributed by atoms with Crippen LogP contribution in [0.25, 0.3) is 6.08 Å². The number of Topliss-reactive ketones (excluding diaryl/α,β-unsaturated/α-hetero) is 1. The van der Waals surface area contributed by atoms with Gasteiger partial charge < -0.3 is 15.1 Å². The van der Waals surface area contributed by atoms with Crippen LogP contribution in [0.4, 0.5) is 0 Å². The van der Waals surface area contributed by atoms with Gasteiger partial charge in [-0.3, -0.25) is 4.79 Å². The minimum absolute atomic E-state index is 0.176. The van der Waals surface area contributed by atoms with E-state index in [2.05, 4.69) is 0 Å². The standard InChI is InChI=1S/C17H23O6P/c1-12-6-5-9-14(18)8-4-2-3-7-13-10-15(19)11-16(20)17(13)24(21,22)23-12/h3,7,10-12,19-20H,2,4-6,8-9H2,1H3,(H,21,22)/b7-3+/t12-/m0/s1. The molecule has 0 amide bonds. The first-order chi connectivity index (χ1) is 11.3. The van der Waals surface area contributed by atoms with Crippen molar-refractivity contribution in [3.8, 4) is 11.5 Å². The summed E-state index contributed by atoms with van der Waals surface area (Å²) in [7, 11) is -4.28. The summed E-state index contributed by atoms with van der Waals surface area (Å²) in [5, 5.41) is 19.5. The number of carbonyl (C=O) groups excluding carboxylic acids is 1. The second-order valence-corrected chi connectivity index (χ2v) is 7.76. The molecule has 0 saturated heterocycles. The topological polar surface area (TPSA) is 110 Å². The highest BCUT2D eigenvalue weighted by Crippen LogP contribution is 2.51. The van der Waals surface area contributed by atoms with Gasteiger partial charge in [0.15, 0.2) is 11.1 Å². The molecule has 2 atom stereocenters. The fraction of sp³-hybridized carbons (Fsp3) is 0.471. The van der Waals surface area contributed by atoms with Crippen molar-refractivity contribution in [3.05, 3.63) is 23.8 Å². The highest BCUT2D eigenvalue weighted by Gasteiger charge is 2.37. The highest BCUT2D eigenvalue weighted by molar-refractivity contribution is 7.66. The van der Waals surface area contributed by atoms with Crippen molar-refractivity contribution >= 4 is 25.1 Å². The van der Waals surface area contributed by atoms with Crippen LogP contribution in [-0.2, 0) is 9.32 Å². The maximum atomic E-state index is 12.6. The molecule has 1 aliphatic heterocycles. The summed E-state index contributed by atoms with van der Waals surface area (Å²) in [6.45, 7) is 1.66. The van der Waals surface area contributed by atoms with E-state index < -0.39 is 19.8 Å². The van der Waals surface area contributed by atoms with Gasteiger partial charge in [0.2, 0.25) is 0 Å². The molecule has 1 heterocycles. The molecular weight excluding hydrogens is 331 g/mol. The zero-order chi connectivity index (χ0) is 17.7. The van der Waals surface area contributed by atoms with Crippen LogP contribution >= 0.6 is 7.94 Å². The van der Waals surface area contributed by atoms with Crippen LogP contribution in [0.15, 0.2) is 18.2 Å². The number of phenolic OH excluding ortho intramolecular Hbond substituents is 2. The van der Waals surface area contributed by atoms with Crippen LogP contribution < -0.4 is 10.2 Å². The Bertz CT molecular complexity index is 626. The number of benzene rings is 1. The van der Waals surface area contributed by atoms with E-state index in [1.807, 2.05) is 0 Å². The minimum atomic E-state index is -4.28. The number of carbonyl (C=O) groups is 1. The van der Waals surface area contributed by atoms with Crippen molar-refractivity contribution in [1.29, 1.82) is 0 Å². The van der Waals surface area contributed by atoms with Gasteiger partial charge in [-0.25, -0.2) is 9.42 Å². The van der Waals surface area contributed by atoms with Crippen molar-refractivity contribution in [2.24, 2.45) is 0 Å². The van der Waals surface area contributed by atoms with Crippen molar-refractivity contribution in [3.63, 3.8) is 0 Å². The van der Waals surface area contributed by atoms with Crippen LogP contribution in [0.1, 0.15) is 51.0 Å². The van der Waals surface area contributed by atoms with Crippen LogP contribution in [0.3, 0.4) is 0 Å². The minimum Gasteiger partial charge on any atom is -0.627 e. The lowest BCUT2D eigenvalue weighted by molar-refractivity contribution is -0.212. The highest BCUT2D eigenvalue weighted by atomic mass is 31.2. The van der Waals surface area contributed by atoms with Gasteiger partial charge in [0, 0.05) is 24.5 Å². The maximum Gasteiger partial charge on any atom is 0.272 e. The number of fused-ring (bicyclic) bond motifs is 1. The van der Waals surface area contributed by atoms with Gasteiger partial charge in [0.1, 0.15) is 17.6 Å². The molecule has 0 saturated carbocycles. The second kappa shape index (κ2) is 8.08. The fourth-order valence-electron chi connectivity index (χ4n) is 2.75. The Labute approximate surface area is 142 Å². The molecule has 0 aliphatic carbocycles. The fourth-order valence-corrected chi connectivity index (χ4v) is 4.27. The van der Waals surface area contributed by atoms with Gasteiger partial charge in [-0.15, -0.1) is 0 Å². The van der Waals surface area contributed by atoms with E-state index in [0.29, 0.717) is 38.5 Å². The molecular formula is C17H23O6P. The zero-order valence-electron chi connectivity index (χ0n) is 13.6. The van der Waals surface area contributed by atoms with Crippen molar-refractivity contribution in [2.75, 3.05) is 0 Å². The Morgan fingerprint density at radius 1 is 1.25 bits per heavy atom. The number of phenols is 2. The molecule has 0 radical (unpaired) electrons. The Morgan fingerprint density at radius 3 is 2.71 bits per heavy atom. The summed E-state index contributed by atoms with van der Waals surface area (Å²) in [5.41, 5.74) is 0.230. The third kappa shape index (κ3) is 5.02. The summed E-state index contributed by atoms with van der Waals surface area (Å²) in [5.74, 6) is -0.509. The Hall–Kier alpha value is -1.46. The van der Waals surface area contributed by atoms with Gasteiger partial charge >= 0.3 is 0 Å². The van der Waals surface area contributed by atoms with E-state index >= 15 is 0 Å². The Morgan fingerprint density at radius 2 is 1.96 bits per heavy atom. The van der Waals surface area contributed by atoms with Crippen molar-refractivity contribution in [1.82, 2.24) is 0 Å². The third-order valence-corrected chi connectivity index (χ3v) is 5.60. The van der Waals surface area contributed by atoms with E-state index in [1.165, 1.54) is 6.07 Å². The summed E-state index contributed by atoms with van der Waals surface area (Å²) >= 11 is 0. The molecule has 1 aromatic rings. The van der Waals surface area contributed by atoms with Crippen LogP contribution in [0, 0.1) is 0 Å². The first-order valence-electron chi connectivity index (χ1n) is 8.05. The summed E-state index contributed by atoms with van der Waals surface area (Å²) in [6, 6.07) is 2.32. The van der Waals surface area contributed by atoms with Crippen LogP contribution in [0.5, 0.6) is 11.5 Å².